The van der Waals surface area contributed by atoms with Crippen LogP contribution in [0.5, 0.6) is 0 Å². The summed E-state index contributed by atoms with van der Waals surface area (Å²) in [4.78, 5) is 148. The van der Waals surface area contributed by atoms with Gasteiger partial charge in [-0.25, -0.2) is 4.79 Å². The van der Waals surface area contributed by atoms with Crippen LogP contribution in [0, 0.1) is 5.92 Å². The van der Waals surface area contributed by atoms with Crippen molar-refractivity contribution in [3.05, 3.63) is 35.9 Å². The minimum Gasteiger partial charge on any atom is -0.480 e. The normalized spacial score (nSPS) is 18.4. The number of likely N-dealkylation sites (tertiary alicyclic amines) is 2. The number of nitrogens with one attached hydrogen (secondary N) is 6. The van der Waals surface area contributed by atoms with Gasteiger partial charge >= 0.3 is 5.97 Å². The Morgan fingerprint density at radius 2 is 1.13 bits per heavy atom. The smallest absolute Gasteiger partial charge is 0.326 e. The third-order valence-electron chi connectivity index (χ3n) is 12.2. The van der Waals surface area contributed by atoms with Gasteiger partial charge in [0.15, 0.2) is 0 Å². The number of benzene rings is 1. The van der Waals surface area contributed by atoms with Gasteiger partial charge in [0.25, 0.3) is 0 Å². The second-order valence-electron chi connectivity index (χ2n) is 18.7. The van der Waals surface area contributed by atoms with E-state index in [-0.39, 0.29) is 70.4 Å². The molecule has 10 amide bonds. The first-order valence-corrected chi connectivity index (χ1v) is 24.3. The van der Waals surface area contributed by atoms with Gasteiger partial charge in [-0.1, -0.05) is 44.2 Å². The predicted octanol–water partition coefficient (Wildman–Crippen LogP) is -2.72. The average molecular weight is 999 g/mol. The Morgan fingerprint density at radius 1 is 0.620 bits per heavy atom. The first-order valence-electron chi connectivity index (χ1n) is 24.3. The summed E-state index contributed by atoms with van der Waals surface area (Å²) in [5.41, 5.74) is 22.6. The van der Waals surface area contributed by atoms with Crippen LogP contribution in [-0.2, 0) is 59.2 Å². The monoisotopic (exact) mass is 999 g/mol. The topological polar surface area (TPSA) is 391 Å². The molecule has 1 aromatic rings. The molecule has 2 fully saturated rings. The quantitative estimate of drug-likeness (QED) is 0.0364. The van der Waals surface area contributed by atoms with E-state index in [2.05, 4.69) is 31.9 Å². The summed E-state index contributed by atoms with van der Waals surface area (Å²) in [6.07, 6.45) is 1.11. The second-order valence-corrected chi connectivity index (χ2v) is 18.7. The average Bonchev–Trinajstić information content (AvgIpc) is 4.02. The van der Waals surface area contributed by atoms with Crippen molar-refractivity contribution in [3.63, 3.8) is 0 Å². The summed E-state index contributed by atoms with van der Waals surface area (Å²) >= 11 is 0. The van der Waals surface area contributed by atoms with E-state index in [1.807, 2.05) is 13.8 Å². The highest BCUT2D eigenvalue weighted by atomic mass is 16.4. The van der Waals surface area contributed by atoms with Gasteiger partial charge in [0.2, 0.25) is 59.1 Å². The van der Waals surface area contributed by atoms with E-state index in [4.69, 9.17) is 22.9 Å². The Morgan fingerprint density at radius 3 is 1.66 bits per heavy atom. The molecule has 1 aromatic carbocycles. The van der Waals surface area contributed by atoms with Crippen LogP contribution in [0.1, 0.15) is 110 Å². The van der Waals surface area contributed by atoms with E-state index in [1.54, 1.807) is 30.3 Å². The fourth-order valence-electron chi connectivity index (χ4n) is 8.39. The maximum atomic E-state index is 14.5. The number of nitrogens with zero attached hydrogens (tertiary/aromatic N) is 2. The van der Waals surface area contributed by atoms with Crippen molar-refractivity contribution in [2.45, 2.75) is 166 Å². The van der Waals surface area contributed by atoms with Crippen molar-refractivity contribution in [1.82, 2.24) is 41.7 Å². The van der Waals surface area contributed by atoms with E-state index >= 15 is 0 Å². The maximum absolute atomic E-state index is 14.5. The highest BCUT2D eigenvalue weighted by Gasteiger charge is 2.44. The third-order valence-corrected chi connectivity index (χ3v) is 12.2. The third kappa shape index (κ3) is 18.9. The standard InChI is InChI=1S/C47H74N12O12/c1-26(2)24-33(56-39(62)27(3)49)43(66)57-34(25-29-12-6-5-7-13-29)45(68)59-23-11-16-36(59)46(69)58-22-10-15-35(58)44(67)52-28(4)40(63)53-30(17-19-37(50)60)41(64)54-31(18-20-38(51)61)42(65)55-32(47(70)71)14-8-9-21-48/h5-7,12-13,26-28,30-36H,8-11,14-25,48-49H2,1-4H3,(H2,50,60)(H2,51,61)(H,52,67)(H,53,63)(H,54,64)(H,55,65)(H,56,62)(H,57,66)(H,70,71)/t27-,28-,30-,31-,32-,33-,34-,35-,36-/m0/s1. The summed E-state index contributed by atoms with van der Waals surface area (Å²) in [7, 11) is 0. The van der Waals surface area contributed by atoms with Crippen molar-refractivity contribution in [1.29, 1.82) is 0 Å². The van der Waals surface area contributed by atoms with Crippen LogP contribution in [0.2, 0.25) is 0 Å². The van der Waals surface area contributed by atoms with E-state index in [9.17, 15) is 57.8 Å². The molecule has 2 saturated heterocycles. The van der Waals surface area contributed by atoms with Gasteiger partial charge in [0.1, 0.15) is 48.3 Å². The van der Waals surface area contributed by atoms with Crippen molar-refractivity contribution in [2.75, 3.05) is 19.6 Å². The van der Waals surface area contributed by atoms with Crippen LogP contribution in [0.4, 0.5) is 0 Å². The Kier molecular flexibility index (Phi) is 23.8. The number of amides is 10. The number of primary amides is 2. The van der Waals surface area contributed by atoms with Gasteiger partial charge in [-0.2, -0.15) is 0 Å². The molecule has 24 nitrogen and oxygen atoms in total. The molecule has 15 N–H and O–H groups in total. The Bertz CT molecular complexity index is 2060. The zero-order valence-electron chi connectivity index (χ0n) is 41.1. The first-order chi connectivity index (χ1) is 33.5. The molecule has 9 atom stereocenters. The van der Waals surface area contributed by atoms with Crippen molar-refractivity contribution in [2.24, 2.45) is 28.9 Å². The lowest BCUT2D eigenvalue weighted by molar-refractivity contribution is -0.148. The van der Waals surface area contributed by atoms with Gasteiger partial charge in [0.05, 0.1) is 6.04 Å². The largest absolute Gasteiger partial charge is 0.480 e. The van der Waals surface area contributed by atoms with Crippen molar-refractivity contribution >= 4 is 65.0 Å². The number of hydrogen-bond donors (Lipinski definition) is 11. The number of carboxylic acids is 1. The zero-order chi connectivity index (χ0) is 52.9. The molecule has 2 aliphatic heterocycles. The summed E-state index contributed by atoms with van der Waals surface area (Å²) in [6.45, 7) is 7.22. The molecule has 0 bridgehead atoms. The van der Waals surface area contributed by atoms with Gasteiger partial charge in [0, 0.05) is 32.4 Å². The molecule has 0 spiro atoms. The highest BCUT2D eigenvalue weighted by molar-refractivity contribution is 5.98. The minimum atomic E-state index is -1.52. The number of hydrogen-bond acceptors (Lipinski definition) is 13. The summed E-state index contributed by atoms with van der Waals surface area (Å²) in [6, 6.07) is -1.77. The SMILES string of the molecule is CC(C)C[C@H](NC(=O)[C@H](C)N)C(=O)N[C@@H](Cc1ccccc1)C(=O)N1CCC[C@H]1C(=O)N1CCC[C@H]1C(=O)N[C@@H](C)C(=O)N[C@@H](CCC(N)=O)C(=O)N[C@@H](CCC(N)=O)C(=O)N[C@@H](CCCCN)C(=O)O. The lowest BCUT2D eigenvalue weighted by atomic mass is 10.00. The van der Waals surface area contributed by atoms with Crippen LogP contribution in [-0.4, -0.2) is 154 Å². The molecule has 394 valence electrons. The highest BCUT2D eigenvalue weighted by Crippen LogP contribution is 2.26. The van der Waals surface area contributed by atoms with E-state index < -0.39 is 126 Å². The Balaban J connectivity index is 1.77. The molecular formula is C47H74N12O12. The molecule has 24 heteroatoms. The summed E-state index contributed by atoms with van der Waals surface area (Å²) < 4.78 is 0. The van der Waals surface area contributed by atoms with Gasteiger partial charge in [-0.3, -0.25) is 47.9 Å². The molecule has 2 heterocycles. The van der Waals surface area contributed by atoms with Gasteiger partial charge < -0.3 is 69.7 Å². The number of carbonyl (C=O) groups is 11. The first kappa shape index (κ1) is 58.6. The lowest BCUT2D eigenvalue weighted by Gasteiger charge is -2.33. The van der Waals surface area contributed by atoms with E-state index in [0.29, 0.717) is 32.2 Å². The molecule has 0 unspecified atom stereocenters. The van der Waals surface area contributed by atoms with Crippen LogP contribution < -0.4 is 54.8 Å². The Labute approximate surface area is 413 Å². The fourth-order valence-corrected chi connectivity index (χ4v) is 8.39. The van der Waals surface area contributed by atoms with E-state index in [1.165, 1.54) is 23.6 Å². The molecule has 71 heavy (non-hydrogen) atoms. The number of unbranched alkanes of at least 4 members (excludes halogenated alkanes) is 1. The molecule has 0 radical (unpaired) electrons. The molecule has 3 rings (SSSR count). The Hall–Kier alpha value is -6.69. The van der Waals surface area contributed by atoms with Gasteiger partial charge in [-0.05, 0) is 96.1 Å². The molecule has 0 saturated carbocycles. The molecule has 0 aromatic heterocycles. The van der Waals surface area contributed by atoms with Crippen LogP contribution in [0.25, 0.3) is 0 Å². The van der Waals surface area contributed by atoms with Crippen LogP contribution in [0.3, 0.4) is 0 Å². The van der Waals surface area contributed by atoms with E-state index in [0.717, 1.165) is 5.56 Å². The molecule has 0 aliphatic carbocycles. The fraction of sp³-hybridized carbons (Fsp3) is 0.638. The molecular weight excluding hydrogens is 925 g/mol. The summed E-state index contributed by atoms with van der Waals surface area (Å²) in [5.74, 6) is -8.69. The van der Waals surface area contributed by atoms with Crippen LogP contribution >= 0.6 is 0 Å². The minimum absolute atomic E-state index is 0.0108. The van der Waals surface area contributed by atoms with Gasteiger partial charge in [-0.15, -0.1) is 0 Å². The zero-order valence-corrected chi connectivity index (χ0v) is 41.1. The second kappa shape index (κ2) is 28.8. The van der Waals surface area contributed by atoms with Crippen LogP contribution in [0.15, 0.2) is 30.3 Å². The number of carbonyl (C=O) groups excluding carboxylic acids is 10. The predicted molar refractivity (Wildman–Crippen MR) is 257 cm³/mol. The number of carboxylic acid groups (broad SMARTS) is 1. The number of nitrogens with two attached hydrogens (primary N) is 4. The van der Waals surface area contributed by atoms with Crippen molar-refractivity contribution in [3.8, 4) is 0 Å². The number of rotatable bonds is 29. The lowest BCUT2D eigenvalue weighted by Crippen LogP contribution is -2.60. The maximum Gasteiger partial charge on any atom is 0.326 e. The number of aliphatic carboxylic acids is 1. The molecule has 2 aliphatic rings. The van der Waals surface area contributed by atoms with Crippen molar-refractivity contribution < 1.29 is 57.8 Å². The summed E-state index contributed by atoms with van der Waals surface area (Å²) in [5, 5.41) is 25.0.